The van der Waals surface area contributed by atoms with Gasteiger partial charge in [-0.1, -0.05) is 23.4 Å². The molecule has 5 aromatic rings. The number of aromatic nitrogens is 3. The summed E-state index contributed by atoms with van der Waals surface area (Å²) in [7, 11) is 1.78. The first-order valence-electron chi connectivity index (χ1n) is 14.5. The van der Waals surface area contributed by atoms with E-state index < -0.39 is 5.97 Å². The Morgan fingerprint density at radius 1 is 1.09 bits per heavy atom. The molecule has 3 aromatic heterocycles. The Kier molecular flexibility index (Phi) is 7.82. The summed E-state index contributed by atoms with van der Waals surface area (Å²) >= 11 is 0. The number of piperidine rings is 1. The number of hydrogen-bond acceptors (Lipinski definition) is 8. The van der Waals surface area contributed by atoms with Gasteiger partial charge in [0, 0.05) is 54.6 Å². The molecule has 4 heterocycles. The van der Waals surface area contributed by atoms with Gasteiger partial charge in [-0.3, -0.25) is 0 Å². The molecule has 1 aliphatic heterocycles. The van der Waals surface area contributed by atoms with Crippen LogP contribution in [0.3, 0.4) is 0 Å². The summed E-state index contributed by atoms with van der Waals surface area (Å²) in [6, 6.07) is 17.3. The lowest BCUT2D eigenvalue weighted by molar-refractivity contribution is 0.0697. The Hall–Kier alpha value is -4.76. The average molecular weight is 578 g/mol. The van der Waals surface area contributed by atoms with Crippen LogP contribution >= 0.6 is 0 Å². The number of aryl methyl sites for hydroxylation is 2. The van der Waals surface area contributed by atoms with E-state index in [2.05, 4.69) is 45.7 Å². The second-order valence-electron chi connectivity index (χ2n) is 11.2. The molecule has 1 unspecified atom stereocenters. The number of rotatable bonds is 8. The largest absolute Gasteiger partial charge is 0.478 e. The molecule has 0 spiro atoms. The maximum Gasteiger partial charge on any atom is 0.337 e. The van der Waals surface area contributed by atoms with Gasteiger partial charge in [-0.25, -0.2) is 14.8 Å². The molecule has 0 aliphatic carbocycles. The van der Waals surface area contributed by atoms with Crippen molar-refractivity contribution in [2.75, 3.05) is 30.4 Å². The summed E-state index contributed by atoms with van der Waals surface area (Å²) in [5.74, 6) is -0.0258. The minimum Gasteiger partial charge on any atom is -0.478 e. The van der Waals surface area contributed by atoms with Crippen molar-refractivity contribution in [2.24, 2.45) is 0 Å². The van der Waals surface area contributed by atoms with Gasteiger partial charge in [0.25, 0.3) is 0 Å². The minimum atomic E-state index is -0.971. The fourth-order valence-electron chi connectivity index (χ4n) is 5.91. The van der Waals surface area contributed by atoms with Crippen LogP contribution in [0.15, 0.2) is 71.6 Å². The lowest BCUT2D eigenvalue weighted by Crippen LogP contribution is -2.37. The van der Waals surface area contributed by atoms with Crippen LogP contribution < -0.4 is 10.2 Å². The van der Waals surface area contributed by atoms with Crippen molar-refractivity contribution in [1.29, 1.82) is 0 Å². The number of ether oxygens (including phenoxy) is 1. The van der Waals surface area contributed by atoms with E-state index in [1.54, 1.807) is 31.6 Å². The molecule has 1 atom stereocenters. The SMILES string of the molecule is COC1CCN(c2ccc(-c3cc4c(C(C)Nc5ccccc5C(=O)O)cc(C)cc4nc3-c3conc3C)cn2)CC1. The van der Waals surface area contributed by atoms with Crippen LogP contribution in [0.2, 0.25) is 0 Å². The summed E-state index contributed by atoms with van der Waals surface area (Å²) in [4.78, 5) is 24.2. The van der Waals surface area contributed by atoms with E-state index in [9.17, 15) is 9.90 Å². The van der Waals surface area contributed by atoms with Crippen LogP contribution in [0.1, 0.15) is 53.0 Å². The van der Waals surface area contributed by atoms with E-state index in [0.29, 0.717) is 11.8 Å². The zero-order chi connectivity index (χ0) is 30.1. The Balaban J connectivity index is 1.44. The van der Waals surface area contributed by atoms with Crippen molar-refractivity contribution in [3.63, 3.8) is 0 Å². The predicted molar refractivity (Wildman–Crippen MR) is 168 cm³/mol. The molecule has 9 nitrogen and oxygen atoms in total. The number of aromatic carboxylic acids is 1. The van der Waals surface area contributed by atoms with Crippen molar-refractivity contribution in [2.45, 2.75) is 45.8 Å². The fourth-order valence-corrected chi connectivity index (χ4v) is 5.91. The smallest absolute Gasteiger partial charge is 0.337 e. The number of fused-ring (bicyclic) bond motifs is 1. The van der Waals surface area contributed by atoms with Gasteiger partial charge in [0.1, 0.15) is 12.1 Å². The number of nitrogens with one attached hydrogen (secondary N) is 1. The van der Waals surface area contributed by atoms with E-state index in [0.717, 1.165) is 81.9 Å². The quantitative estimate of drug-likeness (QED) is 0.200. The second-order valence-corrected chi connectivity index (χ2v) is 11.2. The summed E-state index contributed by atoms with van der Waals surface area (Å²) in [5.41, 5.74) is 7.91. The molecule has 1 saturated heterocycles. The highest BCUT2D eigenvalue weighted by Crippen LogP contribution is 2.38. The Labute approximate surface area is 250 Å². The normalized spacial score (nSPS) is 14.7. The van der Waals surface area contributed by atoms with Crippen molar-refractivity contribution in [3.05, 3.63) is 89.4 Å². The van der Waals surface area contributed by atoms with Gasteiger partial charge in [-0.05, 0) is 81.1 Å². The summed E-state index contributed by atoms with van der Waals surface area (Å²) < 4.78 is 10.9. The van der Waals surface area contributed by atoms with E-state index in [1.807, 2.05) is 33.0 Å². The summed E-state index contributed by atoms with van der Waals surface area (Å²) in [6.07, 6.45) is 5.82. The number of nitrogens with zero attached hydrogens (tertiary/aromatic N) is 4. The molecule has 6 rings (SSSR count). The molecule has 0 saturated carbocycles. The monoisotopic (exact) mass is 577 g/mol. The topological polar surface area (TPSA) is 114 Å². The Morgan fingerprint density at radius 3 is 2.56 bits per heavy atom. The molecule has 43 heavy (non-hydrogen) atoms. The highest BCUT2D eigenvalue weighted by atomic mass is 16.5. The fraction of sp³-hybridized carbons (Fsp3) is 0.294. The first kappa shape index (κ1) is 28.4. The van der Waals surface area contributed by atoms with Crippen LogP contribution in [0.5, 0.6) is 0 Å². The third-order valence-electron chi connectivity index (χ3n) is 8.27. The number of para-hydroxylation sites is 1. The first-order chi connectivity index (χ1) is 20.8. The van der Waals surface area contributed by atoms with Gasteiger partial charge in [0.15, 0.2) is 0 Å². The number of anilines is 2. The van der Waals surface area contributed by atoms with Crippen LogP contribution in [0, 0.1) is 13.8 Å². The van der Waals surface area contributed by atoms with Crippen LogP contribution in [0.4, 0.5) is 11.5 Å². The van der Waals surface area contributed by atoms with Gasteiger partial charge >= 0.3 is 5.97 Å². The number of carbonyl (C=O) groups is 1. The molecule has 2 N–H and O–H groups in total. The van der Waals surface area contributed by atoms with Gasteiger partial charge in [-0.15, -0.1) is 0 Å². The van der Waals surface area contributed by atoms with Crippen LogP contribution in [-0.2, 0) is 4.74 Å². The van der Waals surface area contributed by atoms with E-state index in [1.165, 1.54) is 0 Å². The van der Waals surface area contributed by atoms with Crippen molar-refractivity contribution >= 4 is 28.4 Å². The van der Waals surface area contributed by atoms with Gasteiger partial charge < -0.3 is 24.6 Å². The number of carboxylic acid groups (broad SMARTS) is 1. The van der Waals surface area contributed by atoms with E-state index in [-0.39, 0.29) is 11.6 Å². The predicted octanol–water partition coefficient (Wildman–Crippen LogP) is 7.06. The zero-order valence-corrected chi connectivity index (χ0v) is 24.8. The van der Waals surface area contributed by atoms with Crippen molar-refractivity contribution in [3.8, 4) is 22.4 Å². The first-order valence-corrected chi connectivity index (χ1v) is 14.5. The number of benzene rings is 2. The minimum absolute atomic E-state index is 0.198. The average Bonchev–Trinajstić information content (AvgIpc) is 3.45. The number of pyridine rings is 2. The molecular formula is C34H35N5O4. The number of carboxylic acids is 1. The van der Waals surface area contributed by atoms with E-state index in [4.69, 9.17) is 19.2 Å². The lowest BCUT2D eigenvalue weighted by Gasteiger charge is -2.32. The third-order valence-corrected chi connectivity index (χ3v) is 8.27. The van der Waals surface area contributed by atoms with Gasteiger partial charge in [-0.2, -0.15) is 0 Å². The molecule has 0 bridgehead atoms. The van der Waals surface area contributed by atoms with Crippen LogP contribution in [-0.4, -0.2) is 52.5 Å². The molecule has 0 radical (unpaired) electrons. The third kappa shape index (κ3) is 5.68. The highest BCUT2D eigenvalue weighted by Gasteiger charge is 2.22. The molecule has 1 fully saturated rings. The van der Waals surface area contributed by atoms with Crippen molar-refractivity contribution in [1.82, 2.24) is 15.1 Å². The van der Waals surface area contributed by atoms with Gasteiger partial charge in [0.05, 0.1) is 34.1 Å². The van der Waals surface area contributed by atoms with Crippen molar-refractivity contribution < 1.29 is 19.2 Å². The van der Waals surface area contributed by atoms with Gasteiger partial charge in [0.2, 0.25) is 0 Å². The second kappa shape index (κ2) is 11.9. The van der Waals surface area contributed by atoms with E-state index >= 15 is 0 Å². The Bertz CT molecular complexity index is 1770. The molecular weight excluding hydrogens is 542 g/mol. The Morgan fingerprint density at radius 2 is 1.88 bits per heavy atom. The molecule has 220 valence electrons. The lowest BCUT2D eigenvalue weighted by atomic mass is 9.94. The molecule has 9 heteroatoms. The van der Waals surface area contributed by atoms with Crippen LogP contribution in [0.25, 0.3) is 33.3 Å². The highest BCUT2D eigenvalue weighted by molar-refractivity contribution is 5.96. The standard InChI is InChI=1S/C34H35N5O4/c1-20-15-26(21(2)36-30-8-6-5-7-25(30)34(40)41)28-17-27(33(37-31(28)16-20)29-19-43-38-22(29)3)23-9-10-32(35-18-23)39-13-11-24(42-4)12-14-39/h5-10,15-19,21,24,36H,11-14H2,1-4H3,(H,40,41). The number of hydrogen-bond donors (Lipinski definition) is 2. The number of methoxy groups -OCH3 is 1. The molecule has 2 aromatic carbocycles. The zero-order valence-electron chi connectivity index (χ0n) is 24.8. The summed E-state index contributed by atoms with van der Waals surface area (Å²) in [5, 5.41) is 18.2. The maximum atomic E-state index is 11.9. The maximum absolute atomic E-state index is 11.9. The summed E-state index contributed by atoms with van der Waals surface area (Å²) in [6.45, 7) is 7.80. The molecule has 1 aliphatic rings. The molecule has 0 amide bonds.